The minimum Gasteiger partial charge on any atom is -0.353 e. The number of nitrogens with two attached hydrogens (primary N) is 1. The molecule has 1 atom stereocenters. The summed E-state index contributed by atoms with van der Waals surface area (Å²) in [6.45, 7) is 1.16. The number of urea groups is 1. The van der Waals surface area contributed by atoms with E-state index in [1.807, 2.05) is 0 Å². The molecule has 0 aromatic heterocycles. The van der Waals surface area contributed by atoms with Gasteiger partial charge in [0.15, 0.2) is 0 Å². The van der Waals surface area contributed by atoms with Crippen LogP contribution in [0.3, 0.4) is 0 Å². The Hall–Kier alpha value is -1.26. The number of carbonyl (C=O) groups is 2. The maximum atomic E-state index is 12.3. The smallest absolute Gasteiger partial charge is 0.314 e. The lowest BCUT2D eigenvalue weighted by molar-refractivity contribution is -0.127. The molecule has 0 bridgehead atoms. The highest BCUT2D eigenvalue weighted by Gasteiger charge is 2.28. The monoisotopic (exact) mass is 267 g/mol. The number of nitrogens with zero attached hydrogens (tertiary/aromatic N) is 1. The number of hydrogen-bond donors (Lipinski definition) is 2. The van der Waals surface area contributed by atoms with Crippen LogP contribution in [0.25, 0.3) is 0 Å². The zero-order valence-electron chi connectivity index (χ0n) is 11.6. The maximum Gasteiger partial charge on any atom is 0.314 e. The first kappa shape index (κ1) is 14.2. The molecule has 2 rings (SSSR count). The molecule has 3 amide bonds. The number of rotatable bonds is 2. The summed E-state index contributed by atoms with van der Waals surface area (Å²) in [5.41, 5.74) is 5.29. The Kier molecular flexibility index (Phi) is 5.05. The van der Waals surface area contributed by atoms with Gasteiger partial charge in [0, 0.05) is 19.1 Å². The second-order valence-electron chi connectivity index (χ2n) is 5.82. The van der Waals surface area contributed by atoms with Crippen LogP contribution in [0.5, 0.6) is 0 Å². The van der Waals surface area contributed by atoms with Gasteiger partial charge < -0.3 is 16.0 Å². The summed E-state index contributed by atoms with van der Waals surface area (Å²) in [4.78, 5) is 25.0. The molecule has 19 heavy (non-hydrogen) atoms. The van der Waals surface area contributed by atoms with E-state index >= 15 is 0 Å². The molecule has 5 heteroatoms. The summed E-state index contributed by atoms with van der Waals surface area (Å²) in [6.07, 6.45) is 8.91. The number of primary amides is 1. The Labute approximate surface area is 114 Å². The highest BCUT2D eigenvalue weighted by Crippen LogP contribution is 2.20. The highest BCUT2D eigenvalue weighted by atomic mass is 16.2. The van der Waals surface area contributed by atoms with Crippen molar-refractivity contribution in [1.82, 2.24) is 10.2 Å². The van der Waals surface area contributed by atoms with Gasteiger partial charge in [0.05, 0.1) is 5.92 Å². The lowest BCUT2D eigenvalue weighted by atomic mass is 9.96. The predicted octanol–water partition coefficient (Wildman–Crippen LogP) is 1.62. The lowest BCUT2D eigenvalue weighted by Gasteiger charge is -2.31. The molecule has 0 aromatic rings. The predicted molar refractivity (Wildman–Crippen MR) is 73.5 cm³/mol. The van der Waals surface area contributed by atoms with Crippen molar-refractivity contribution in [1.29, 1.82) is 0 Å². The van der Waals surface area contributed by atoms with Crippen LogP contribution in [0.15, 0.2) is 0 Å². The number of carbonyl (C=O) groups excluding carboxylic acids is 2. The van der Waals surface area contributed by atoms with Crippen LogP contribution in [0.2, 0.25) is 0 Å². The van der Waals surface area contributed by atoms with Crippen molar-refractivity contribution in [2.75, 3.05) is 13.1 Å². The minimum absolute atomic E-state index is 0.0792. The molecule has 0 radical (unpaired) electrons. The van der Waals surface area contributed by atoms with E-state index in [1.54, 1.807) is 4.90 Å². The molecule has 5 nitrogen and oxygen atoms in total. The van der Waals surface area contributed by atoms with Gasteiger partial charge in [-0.05, 0) is 25.7 Å². The summed E-state index contributed by atoms with van der Waals surface area (Å²) >= 11 is 0. The van der Waals surface area contributed by atoms with E-state index < -0.39 is 6.03 Å². The summed E-state index contributed by atoms with van der Waals surface area (Å²) < 4.78 is 0. The van der Waals surface area contributed by atoms with Gasteiger partial charge in [-0.25, -0.2) is 4.79 Å². The zero-order valence-corrected chi connectivity index (χ0v) is 11.6. The molecule has 0 aromatic carbocycles. The van der Waals surface area contributed by atoms with Crippen LogP contribution in [-0.2, 0) is 4.79 Å². The van der Waals surface area contributed by atoms with E-state index in [2.05, 4.69) is 5.32 Å². The van der Waals surface area contributed by atoms with Crippen LogP contribution in [0.1, 0.15) is 51.4 Å². The maximum absolute atomic E-state index is 12.3. The van der Waals surface area contributed by atoms with E-state index in [-0.39, 0.29) is 11.8 Å². The van der Waals surface area contributed by atoms with Gasteiger partial charge in [-0.3, -0.25) is 4.79 Å². The molecule has 2 aliphatic rings. The Bertz CT molecular complexity index is 325. The first-order valence-electron chi connectivity index (χ1n) is 7.51. The van der Waals surface area contributed by atoms with Crippen molar-refractivity contribution >= 4 is 11.9 Å². The normalized spacial score (nSPS) is 25.7. The number of piperidine rings is 1. The molecule has 1 aliphatic heterocycles. The third-order valence-electron chi connectivity index (χ3n) is 4.31. The fourth-order valence-corrected chi connectivity index (χ4v) is 3.13. The van der Waals surface area contributed by atoms with Crippen molar-refractivity contribution in [3.05, 3.63) is 0 Å². The Morgan fingerprint density at radius 3 is 2.32 bits per heavy atom. The highest BCUT2D eigenvalue weighted by molar-refractivity contribution is 5.80. The van der Waals surface area contributed by atoms with Gasteiger partial charge in [-0.1, -0.05) is 25.7 Å². The van der Waals surface area contributed by atoms with Gasteiger partial charge >= 0.3 is 6.03 Å². The Morgan fingerprint density at radius 2 is 1.68 bits per heavy atom. The SMILES string of the molecule is NC(=O)N1CCC[C@H](C(=O)NC2CCCCCC2)C1. The number of nitrogens with one attached hydrogen (secondary N) is 1. The molecule has 1 aliphatic carbocycles. The van der Waals surface area contributed by atoms with Crippen molar-refractivity contribution in [2.24, 2.45) is 11.7 Å². The van der Waals surface area contributed by atoms with Crippen LogP contribution in [-0.4, -0.2) is 36.0 Å². The number of likely N-dealkylation sites (tertiary alicyclic amines) is 1. The molecule has 3 N–H and O–H groups in total. The first-order chi connectivity index (χ1) is 9.16. The quantitative estimate of drug-likeness (QED) is 0.746. The van der Waals surface area contributed by atoms with Crippen molar-refractivity contribution < 1.29 is 9.59 Å². The zero-order chi connectivity index (χ0) is 13.7. The van der Waals surface area contributed by atoms with E-state index in [0.29, 0.717) is 19.1 Å². The average molecular weight is 267 g/mol. The van der Waals surface area contributed by atoms with E-state index in [0.717, 1.165) is 25.7 Å². The Balaban J connectivity index is 1.83. The molecular formula is C14H25N3O2. The molecule has 1 saturated carbocycles. The van der Waals surface area contributed by atoms with Gasteiger partial charge in [0.2, 0.25) is 5.91 Å². The first-order valence-corrected chi connectivity index (χ1v) is 7.51. The third kappa shape index (κ3) is 4.11. The standard InChI is InChI=1S/C14H25N3O2/c15-14(19)17-9-5-6-11(10-17)13(18)16-12-7-3-1-2-4-8-12/h11-12H,1-10H2,(H2,15,19)(H,16,18)/t11-/m0/s1. The van der Waals surface area contributed by atoms with Gasteiger partial charge in [0.1, 0.15) is 0 Å². The molecule has 0 unspecified atom stereocenters. The van der Waals surface area contributed by atoms with Gasteiger partial charge in [-0.15, -0.1) is 0 Å². The van der Waals surface area contributed by atoms with Crippen molar-refractivity contribution in [3.8, 4) is 0 Å². The average Bonchev–Trinajstić information content (AvgIpc) is 2.67. The third-order valence-corrected chi connectivity index (χ3v) is 4.31. The van der Waals surface area contributed by atoms with Crippen LogP contribution in [0, 0.1) is 5.92 Å². The number of hydrogen-bond acceptors (Lipinski definition) is 2. The van der Waals surface area contributed by atoms with Crippen molar-refractivity contribution in [2.45, 2.75) is 57.4 Å². The summed E-state index contributed by atoms with van der Waals surface area (Å²) in [5, 5.41) is 3.17. The fourth-order valence-electron chi connectivity index (χ4n) is 3.13. The lowest BCUT2D eigenvalue weighted by Crippen LogP contribution is -2.48. The molecule has 1 heterocycles. The second kappa shape index (κ2) is 6.78. The van der Waals surface area contributed by atoms with E-state index in [4.69, 9.17) is 5.73 Å². The van der Waals surface area contributed by atoms with E-state index in [1.165, 1.54) is 25.7 Å². The summed E-state index contributed by atoms with van der Waals surface area (Å²) in [6, 6.07) is -0.0779. The number of amides is 3. The molecule has 0 spiro atoms. The summed E-state index contributed by atoms with van der Waals surface area (Å²) in [5.74, 6) is 0.0300. The molecule has 1 saturated heterocycles. The second-order valence-corrected chi connectivity index (χ2v) is 5.82. The fraction of sp³-hybridized carbons (Fsp3) is 0.857. The molecule has 2 fully saturated rings. The summed E-state index contributed by atoms with van der Waals surface area (Å²) in [7, 11) is 0. The Morgan fingerprint density at radius 1 is 1.00 bits per heavy atom. The van der Waals surface area contributed by atoms with Crippen LogP contribution in [0.4, 0.5) is 4.79 Å². The van der Waals surface area contributed by atoms with Crippen molar-refractivity contribution in [3.63, 3.8) is 0 Å². The molecule has 108 valence electrons. The molecular weight excluding hydrogens is 242 g/mol. The van der Waals surface area contributed by atoms with Gasteiger partial charge in [0.25, 0.3) is 0 Å². The largest absolute Gasteiger partial charge is 0.353 e. The topological polar surface area (TPSA) is 75.4 Å². The van der Waals surface area contributed by atoms with Crippen LogP contribution >= 0.6 is 0 Å². The van der Waals surface area contributed by atoms with E-state index in [9.17, 15) is 9.59 Å². The minimum atomic E-state index is -0.410. The van der Waals surface area contributed by atoms with Crippen LogP contribution < -0.4 is 11.1 Å². The van der Waals surface area contributed by atoms with Gasteiger partial charge in [-0.2, -0.15) is 0 Å².